The van der Waals surface area contributed by atoms with E-state index in [1.54, 1.807) is 4.90 Å². The van der Waals surface area contributed by atoms with Gasteiger partial charge in [0.15, 0.2) is 0 Å². The zero-order valence-corrected chi connectivity index (χ0v) is 9.60. The van der Waals surface area contributed by atoms with Crippen molar-refractivity contribution < 1.29 is 4.79 Å². The Morgan fingerprint density at radius 2 is 2.35 bits per heavy atom. The molecule has 88 valence electrons. The first kappa shape index (κ1) is 11.6. The molecule has 1 aliphatic rings. The molecule has 1 heterocycles. The Morgan fingerprint density at radius 1 is 1.53 bits per heavy atom. The van der Waals surface area contributed by atoms with Crippen molar-refractivity contribution in [2.45, 2.75) is 12.8 Å². The predicted molar refractivity (Wildman–Crippen MR) is 65.3 cm³/mol. The smallest absolute Gasteiger partial charge is 0.227 e. The molecule has 0 bridgehead atoms. The fourth-order valence-electron chi connectivity index (χ4n) is 2.11. The van der Waals surface area contributed by atoms with Gasteiger partial charge in [-0.1, -0.05) is 12.1 Å². The van der Waals surface area contributed by atoms with Crippen LogP contribution in [0.15, 0.2) is 24.3 Å². The van der Waals surface area contributed by atoms with Gasteiger partial charge >= 0.3 is 0 Å². The molecule has 1 aliphatic heterocycles. The molecule has 0 spiro atoms. The monoisotopic (exact) mass is 229 g/mol. The van der Waals surface area contributed by atoms with E-state index < -0.39 is 0 Å². The van der Waals surface area contributed by atoms with E-state index >= 15 is 0 Å². The summed E-state index contributed by atoms with van der Waals surface area (Å²) >= 11 is 0. The molecule has 1 amide bonds. The van der Waals surface area contributed by atoms with Crippen molar-refractivity contribution >= 4 is 11.6 Å². The van der Waals surface area contributed by atoms with Crippen LogP contribution in [0.5, 0.6) is 0 Å². The zero-order valence-electron chi connectivity index (χ0n) is 9.60. The van der Waals surface area contributed by atoms with Crippen LogP contribution in [0, 0.1) is 17.2 Å². The van der Waals surface area contributed by atoms with Crippen molar-refractivity contribution in [3.63, 3.8) is 0 Å². The molecule has 4 nitrogen and oxygen atoms in total. The molecule has 1 atom stereocenters. The summed E-state index contributed by atoms with van der Waals surface area (Å²) in [6, 6.07) is 9.69. The lowest BCUT2D eigenvalue weighted by Gasteiger charge is -2.17. The van der Waals surface area contributed by atoms with Crippen molar-refractivity contribution in [1.29, 1.82) is 5.26 Å². The number of nitrogens with two attached hydrogens (primary N) is 1. The van der Waals surface area contributed by atoms with Crippen molar-refractivity contribution in [2.75, 3.05) is 18.0 Å². The highest BCUT2D eigenvalue weighted by atomic mass is 16.2. The van der Waals surface area contributed by atoms with Gasteiger partial charge in [0, 0.05) is 18.7 Å². The first-order valence-electron chi connectivity index (χ1n) is 5.71. The average molecular weight is 229 g/mol. The zero-order chi connectivity index (χ0) is 12.3. The topological polar surface area (TPSA) is 70.1 Å². The SMILES string of the molecule is N#CCc1cccc(N2CC(CN)CC2=O)c1. The van der Waals surface area contributed by atoms with Crippen molar-refractivity contribution in [3.8, 4) is 6.07 Å². The van der Waals surface area contributed by atoms with Gasteiger partial charge in [0.2, 0.25) is 5.91 Å². The molecule has 17 heavy (non-hydrogen) atoms. The Bertz CT molecular complexity index is 464. The summed E-state index contributed by atoms with van der Waals surface area (Å²) in [6.45, 7) is 1.23. The molecule has 1 aromatic rings. The van der Waals surface area contributed by atoms with Crippen LogP contribution in [-0.2, 0) is 11.2 Å². The summed E-state index contributed by atoms with van der Waals surface area (Å²) in [5.74, 6) is 0.372. The second kappa shape index (κ2) is 4.98. The van der Waals surface area contributed by atoms with Crippen LogP contribution in [0.1, 0.15) is 12.0 Å². The minimum absolute atomic E-state index is 0.120. The van der Waals surface area contributed by atoms with Gasteiger partial charge in [0.05, 0.1) is 12.5 Å². The molecule has 2 rings (SSSR count). The second-order valence-electron chi connectivity index (χ2n) is 4.31. The van der Waals surface area contributed by atoms with Crippen molar-refractivity contribution in [2.24, 2.45) is 11.7 Å². The van der Waals surface area contributed by atoms with E-state index in [1.807, 2.05) is 24.3 Å². The van der Waals surface area contributed by atoms with Crippen molar-refractivity contribution in [1.82, 2.24) is 0 Å². The first-order chi connectivity index (χ1) is 8.24. The highest BCUT2D eigenvalue weighted by molar-refractivity contribution is 5.95. The van der Waals surface area contributed by atoms with Gasteiger partial charge in [0.25, 0.3) is 0 Å². The molecule has 2 N–H and O–H groups in total. The fraction of sp³-hybridized carbons (Fsp3) is 0.385. The third-order valence-corrected chi connectivity index (χ3v) is 3.04. The lowest BCUT2D eigenvalue weighted by atomic mass is 10.1. The summed E-state index contributed by atoms with van der Waals surface area (Å²) in [5.41, 5.74) is 7.40. The van der Waals surface area contributed by atoms with Gasteiger partial charge < -0.3 is 10.6 Å². The van der Waals surface area contributed by atoms with E-state index in [9.17, 15) is 4.79 Å². The van der Waals surface area contributed by atoms with Crippen LogP contribution in [0.3, 0.4) is 0 Å². The van der Waals surface area contributed by atoms with Crippen LogP contribution in [0.4, 0.5) is 5.69 Å². The number of benzene rings is 1. The maximum atomic E-state index is 11.8. The third-order valence-electron chi connectivity index (χ3n) is 3.04. The lowest BCUT2D eigenvalue weighted by molar-refractivity contribution is -0.117. The van der Waals surface area contributed by atoms with Crippen LogP contribution in [0.25, 0.3) is 0 Å². The molecule has 0 saturated carbocycles. The van der Waals surface area contributed by atoms with E-state index in [-0.39, 0.29) is 11.8 Å². The number of hydrogen-bond donors (Lipinski definition) is 1. The summed E-state index contributed by atoms with van der Waals surface area (Å²) in [4.78, 5) is 13.6. The number of carbonyl (C=O) groups is 1. The van der Waals surface area contributed by atoms with Crippen molar-refractivity contribution in [3.05, 3.63) is 29.8 Å². The minimum Gasteiger partial charge on any atom is -0.330 e. The van der Waals surface area contributed by atoms with Gasteiger partial charge in [-0.2, -0.15) is 5.26 Å². The first-order valence-corrected chi connectivity index (χ1v) is 5.71. The summed E-state index contributed by atoms with van der Waals surface area (Å²) < 4.78 is 0. The number of anilines is 1. The number of nitriles is 1. The van der Waals surface area contributed by atoms with E-state index in [0.29, 0.717) is 25.9 Å². The van der Waals surface area contributed by atoms with E-state index in [0.717, 1.165) is 11.3 Å². The van der Waals surface area contributed by atoms with Crippen LogP contribution < -0.4 is 10.6 Å². The number of rotatable bonds is 3. The standard InChI is InChI=1S/C13H15N3O/c14-5-4-10-2-1-3-12(6-10)16-9-11(8-15)7-13(16)17/h1-3,6,11H,4,7-9,15H2. The molecule has 1 aromatic carbocycles. The Balaban J connectivity index is 2.20. The molecule has 1 saturated heterocycles. The predicted octanol–water partition coefficient (Wildman–Crippen LogP) is 1.06. The van der Waals surface area contributed by atoms with E-state index in [2.05, 4.69) is 6.07 Å². The summed E-state index contributed by atoms with van der Waals surface area (Å²) in [5, 5.41) is 8.66. The average Bonchev–Trinajstić information content (AvgIpc) is 2.71. The van der Waals surface area contributed by atoms with E-state index in [4.69, 9.17) is 11.0 Å². The maximum absolute atomic E-state index is 11.8. The Hall–Kier alpha value is -1.86. The maximum Gasteiger partial charge on any atom is 0.227 e. The normalized spacial score (nSPS) is 19.4. The molecule has 1 fully saturated rings. The Labute approximate surface area is 101 Å². The third kappa shape index (κ3) is 2.45. The van der Waals surface area contributed by atoms with Gasteiger partial charge in [0.1, 0.15) is 0 Å². The van der Waals surface area contributed by atoms with Gasteiger partial charge in [-0.05, 0) is 30.2 Å². The number of hydrogen-bond acceptors (Lipinski definition) is 3. The fourth-order valence-corrected chi connectivity index (χ4v) is 2.11. The highest BCUT2D eigenvalue weighted by Crippen LogP contribution is 2.25. The van der Waals surface area contributed by atoms with Gasteiger partial charge in [-0.25, -0.2) is 0 Å². The Kier molecular flexibility index (Phi) is 3.40. The lowest BCUT2D eigenvalue weighted by Crippen LogP contribution is -2.25. The molecule has 0 aromatic heterocycles. The molecular weight excluding hydrogens is 214 g/mol. The van der Waals surface area contributed by atoms with Crippen LogP contribution >= 0.6 is 0 Å². The van der Waals surface area contributed by atoms with E-state index in [1.165, 1.54) is 0 Å². The second-order valence-corrected chi connectivity index (χ2v) is 4.31. The van der Waals surface area contributed by atoms with Gasteiger partial charge in [-0.3, -0.25) is 4.79 Å². The molecule has 0 aliphatic carbocycles. The number of nitrogens with zero attached hydrogens (tertiary/aromatic N) is 2. The molecule has 0 radical (unpaired) electrons. The highest BCUT2D eigenvalue weighted by Gasteiger charge is 2.29. The minimum atomic E-state index is 0.120. The molecular formula is C13H15N3O. The van der Waals surface area contributed by atoms with Gasteiger partial charge in [-0.15, -0.1) is 0 Å². The Morgan fingerprint density at radius 3 is 3.00 bits per heavy atom. The van der Waals surface area contributed by atoms with Crippen LogP contribution in [-0.4, -0.2) is 19.0 Å². The summed E-state index contributed by atoms with van der Waals surface area (Å²) in [7, 11) is 0. The number of amides is 1. The molecule has 4 heteroatoms. The quantitative estimate of drug-likeness (QED) is 0.842. The van der Waals surface area contributed by atoms with Crippen LogP contribution in [0.2, 0.25) is 0 Å². The largest absolute Gasteiger partial charge is 0.330 e. The molecule has 1 unspecified atom stereocenters. The summed E-state index contributed by atoms with van der Waals surface area (Å²) in [6.07, 6.45) is 0.898. The number of carbonyl (C=O) groups excluding carboxylic acids is 1.